The summed E-state index contributed by atoms with van der Waals surface area (Å²) in [7, 11) is 1.52. The second kappa shape index (κ2) is 10.1. The number of rotatable bonds is 8. The fraction of sp³-hybridized carbons (Fsp3) is 0.261. The number of aromatic nitrogens is 2. The van der Waals surface area contributed by atoms with Crippen molar-refractivity contribution in [3.63, 3.8) is 0 Å². The molecule has 162 valence electrons. The number of likely N-dealkylation sites (N-methyl/N-ethyl adjacent to an activating group) is 1. The first-order valence-electron chi connectivity index (χ1n) is 9.94. The zero-order valence-electron chi connectivity index (χ0n) is 17.6. The first-order chi connectivity index (χ1) is 14.9. The molecule has 8 heteroatoms. The Morgan fingerprint density at radius 2 is 1.87 bits per heavy atom. The van der Waals surface area contributed by atoms with Crippen LogP contribution >= 0.6 is 11.6 Å². The fourth-order valence-corrected chi connectivity index (χ4v) is 3.26. The molecule has 3 rings (SSSR count). The van der Waals surface area contributed by atoms with Crippen LogP contribution in [0, 0.1) is 0 Å². The van der Waals surface area contributed by atoms with E-state index in [-0.39, 0.29) is 18.6 Å². The summed E-state index contributed by atoms with van der Waals surface area (Å²) < 4.78 is 7.23. The smallest absolute Gasteiger partial charge is 0.252 e. The predicted octanol–water partition coefficient (Wildman–Crippen LogP) is 3.54. The van der Waals surface area contributed by atoms with E-state index in [9.17, 15) is 9.59 Å². The van der Waals surface area contributed by atoms with E-state index < -0.39 is 11.9 Å². The van der Waals surface area contributed by atoms with Gasteiger partial charge in [-0.05, 0) is 37.6 Å². The Hall–Kier alpha value is -3.32. The Bertz CT molecular complexity index is 1050. The SMILES string of the molecule is CNC(=O)[C@H](Cn1cc(-c2ccccc2)cn1)NC(=O)c1ccc(OC(C)C)c(Cl)c1. The van der Waals surface area contributed by atoms with Crippen LogP contribution in [-0.2, 0) is 11.3 Å². The number of hydrogen-bond donors (Lipinski definition) is 2. The van der Waals surface area contributed by atoms with Crippen LogP contribution in [0.25, 0.3) is 11.1 Å². The summed E-state index contributed by atoms with van der Waals surface area (Å²) in [5, 5.41) is 10.0. The van der Waals surface area contributed by atoms with Gasteiger partial charge in [-0.25, -0.2) is 0 Å². The molecule has 2 aromatic carbocycles. The topological polar surface area (TPSA) is 85.3 Å². The van der Waals surface area contributed by atoms with E-state index in [0.717, 1.165) is 11.1 Å². The molecule has 0 aliphatic carbocycles. The minimum absolute atomic E-state index is 0.0374. The molecule has 0 saturated heterocycles. The highest BCUT2D eigenvalue weighted by molar-refractivity contribution is 6.32. The van der Waals surface area contributed by atoms with Crippen molar-refractivity contribution in [1.29, 1.82) is 0 Å². The van der Waals surface area contributed by atoms with E-state index in [4.69, 9.17) is 16.3 Å². The van der Waals surface area contributed by atoms with Crippen molar-refractivity contribution >= 4 is 23.4 Å². The van der Waals surface area contributed by atoms with Crippen LogP contribution < -0.4 is 15.4 Å². The van der Waals surface area contributed by atoms with Crippen LogP contribution in [0.1, 0.15) is 24.2 Å². The van der Waals surface area contributed by atoms with Gasteiger partial charge in [0.05, 0.1) is 23.9 Å². The van der Waals surface area contributed by atoms with Crippen LogP contribution in [-0.4, -0.2) is 40.8 Å². The van der Waals surface area contributed by atoms with E-state index >= 15 is 0 Å². The Labute approximate surface area is 186 Å². The van der Waals surface area contributed by atoms with E-state index in [1.54, 1.807) is 23.0 Å². The number of hydrogen-bond acceptors (Lipinski definition) is 4. The summed E-state index contributed by atoms with van der Waals surface area (Å²) in [5.41, 5.74) is 2.28. The Balaban J connectivity index is 1.73. The monoisotopic (exact) mass is 440 g/mol. The highest BCUT2D eigenvalue weighted by Gasteiger charge is 2.22. The maximum Gasteiger partial charge on any atom is 0.252 e. The standard InChI is InChI=1S/C23H25ClN4O3/c1-15(2)31-21-10-9-17(11-19(21)24)22(29)27-20(23(30)25-3)14-28-13-18(12-26-28)16-7-5-4-6-8-16/h4-13,15,20H,14H2,1-3H3,(H,25,30)(H,27,29)/t20-/m0/s1. The molecule has 2 N–H and O–H groups in total. The summed E-state index contributed by atoms with van der Waals surface area (Å²) in [6, 6.07) is 13.8. The maximum atomic E-state index is 12.8. The summed E-state index contributed by atoms with van der Waals surface area (Å²) >= 11 is 6.24. The van der Waals surface area contributed by atoms with Gasteiger partial charge in [-0.15, -0.1) is 0 Å². The van der Waals surface area contributed by atoms with Gasteiger partial charge in [-0.2, -0.15) is 5.10 Å². The second-order valence-corrected chi connectivity index (χ2v) is 7.68. The maximum absolute atomic E-state index is 12.8. The number of halogens is 1. The molecule has 1 heterocycles. The first kappa shape index (κ1) is 22.4. The van der Waals surface area contributed by atoms with Crippen molar-refractivity contribution in [3.05, 3.63) is 71.5 Å². The number of amides is 2. The van der Waals surface area contributed by atoms with Gasteiger partial charge in [0.25, 0.3) is 5.91 Å². The van der Waals surface area contributed by atoms with Crippen molar-refractivity contribution in [2.75, 3.05) is 7.05 Å². The number of carbonyl (C=O) groups is 2. The lowest BCUT2D eigenvalue weighted by Crippen LogP contribution is -2.48. The molecule has 0 unspecified atom stereocenters. The third-order valence-electron chi connectivity index (χ3n) is 4.53. The molecule has 0 bridgehead atoms. The van der Waals surface area contributed by atoms with E-state index in [1.165, 1.54) is 13.1 Å². The van der Waals surface area contributed by atoms with Gasteiger partial charge < -0.3 is 15.4 Å². The van der Waals surface area contributed by atoms with Crippen LogP contribution in [0.3, 0.4) is 0 Å². The molecule has 1 atom stereocenters. The molecule has 1 aromatic heterocycles. The molecule has 0 fully saturated rings. The molecular formula is C23H25ClN4O3. The molecule has 0 aliphatic rings. The van der Waals surface area contributed by atoms with Crippen molar-refractivity contribution in [2.24, 2.45) is 0 Å². The lowest BCUT2D eigenvalue weighted by molar-refractivity contribution is -0.122. The molecule has 0 aliphatic heterocycles. The number of benzene rings is 2. The normalized spacial score (nSPS) is 11.8. The van der Waals surface area contributed by atoms with Gasteiger partial charge in [-0.1, -0.05) is 41.9 Å². The molecule has 0 spiro atoms. The molecule has 7 nitrogen and oxygen atoms in total. The zero-order valence-corrected chi connectivity index (χ0v) is 18.4. The van der Waals surface area contributed by atoms with Gasteiger partial charge in [0, 0.05) is 24.4 Å². The zero-order chi connectivity index (χ0) is 22.4. The van der Waals surface area contributed by atoms with Gasteiger partial charge in [0.1, 0.15) is 11.8 Å². The van der Waals surface area contributed by atoms with E-state index in [2.05, 4.69) is 15.7 Å². The number of nitrogens with zero attached hydrogens (tertiary/aromatic N) is 2. The van der Waals surface area contributed by atoms with Crippen molar-refractivity contribution in [2.45, 2.75) is 32.5 Å². The van der Waals surface area contributed by atoms with Gasteiger partial charge in [-0.3, -0.25) is 14.3 Å². The number of ether oxygens (including phenoxy) is 1. The van der Waals surface area contributed by atoms with Crippen molar-refractivity contribution < 1.29 is 14.3 Å². The van der Waals surface area contributed by atoms with E-state index in [1.807, 2.05) is 50.4 Å². The quantitative estimate of drug-likeness (QED) is 0.561. The third-order valence-corrected chi connectivity index (χ3v) is 4.83. The van der Waals surface area contributed by atoms with Crippen LogP contribution in [0.5, 0.6) is 5.75 Å². The van der Waals surface area contributed by atoms with E-state index in [0.29, 0.717) is 16.3 Å². The fourth-order valence-electron chi connectivity index (χ4n) is 3.03. The van der Waals surface area contributed by atoms with Crippen LogP contribution in [0.15, 0.2) is 60.9 Å². The molecule has 2 amide bonds. The lowest BCUT2D eigenvalue weighted by Gasteiger charge is -2.18. The summed E-state index contributed by atoms with van der Waals surface area (Å²) in [4.78, 5) is 25.1. The summed E-state index contributed by atoms with van der Waals surface area (Å²) in [6.45, 7) is 3.97. The van der Waals surface area contributed by atoms with Gasteiger partial charge >= 0.3 is 0 Å². The Morgan fingerprint density at radius 3 is 2.52 bits per heavy atom. The minimum atomic E-state index is -0.814. The largest absolute Gasteiger partial charge is 0.489 e. The van der Waals surface area contributed by atoms with Gasteiger partial charge in [0.2, 0.25) is 5.91 Å². The average molecular weight is 441 g/mol. The molecular weight excluding hydrogens is 416 g/mol. The third kappa shape index (κ3) is 5.86. The molecule has 31 heavy (non-hydrogen) atoms. The van der Waals surface area contributed by atoms with Crippen molar-refractivity contribution in [3.8, 4) is 16.9 Å². The number of nitrogens with one attached hydrogen (secondary N) is 2. The first-order valence-corrected chi connectivity index (χ1v) is 10.3. The average Bonchev–Trinajstić information content (AvgIpc) is 3.23. The number of carbonyl (C=O) groups excluding carboxylic acids is 2. The predicted molar refractivity (Wildman–Crippen MR) is 120 cm³/mol. The summed E-state index contributed by atoms with van der Waals surface area (Å²) in [5.74, 6) is -0.237. The Kier molecular flexibility index (Phi) is 7.31. The molecule has 0 radical (unpaired) electrons. The summed E-state index contributed by atoms with van der Waals surface area (Å²) in [6.07, 6.45) is 3.53. The Morgan fingerprint density at radius 1 is 1.13 bits per heavy atom. The second-order valence-electron chi connectivity index (χ2n) is 7.27. The van der Waals surface area contributed by atoms with Crippen LogP contribution in [0.4, 0.5) is 0 Å². The van der Waals surface area contributed by atoms with Crippen molar-refractivity contribution in [1.82, 2.24) is 20.4 Å². The molecule has 3 aromatic rings. The van der Waals surface area contributed by atoms with Crippen LogP contribution in [0.2, 0.25) is 5.02 Å². The minimum Gasteiger partial charge on any atom is -0.489 e. The highest BCUT2D eigenvalue weighted by Crippen LogP contribution is 2.26. The van der Waals surface area contributed by atoms with Gasteiger partial charge in [0.15, 0.2) is 0 Å². The highest BCUT2D eigenvalue weighted by atomic mass is 35.5. The lowest BCUT2D eigenvalue weighted by atomic mass is 10.1. The molecule has 0 saturated carbocycles.